The maximum Gasteiger partial charge on any atom is 0.338 e. The standard InChI is InChI=1S/C28H31N3O5/c1-17(32)35-16-24-26-19(10-7-11-25(26)34-3)12-22-27-20(13-21(30(27)2)23(14-29)31(22)24)15-36-28(33)18-8-5-4-6-9-18/h4-11,20-24,27H,12-13,15-16H2,1-3H3/t20-,21-,22-,23-,24-,27+/m0/s1. The minimum atomic E-state index is -0.398. The van der Waals surface area contributed by atoms with Crippen molar-refractivity contribution in [2.75, 3.05) is 27.4 Å². The van der Waals surface area contributed by atoms with Crippen LogP contribution in [0.2, 0.25) is 0 Å². The average Bonchev–Trinajstić information content (AvgIpc) is 3.13. The fourth-order valence-corrected chi connectivity index (χ4v) is 6.56. The summed E-state index contributed by atoms with van der Waals surface area (Å²) in [4.78, 5) is 29.0. The summed E-state index contributed by atoms with van der Waals surface area (Å²) in [7, 11) is 3.70. The van der Waals surface area contributed by atoms with Crippen molar-refractivity contribution in [1.29, 1.82) is 5.26 Å². The Hall–Kier alpha value is -3.41. The third-order valence-corrected chi connectivity index (χ3v) is 8.00. The Labute approximate surface area is 211 Å². The molecule has 3 heterocycles. The van der Waals surface area contributed by atoms with Crippen molar-refractivity contribution in [1.82, 2.24) is 9.80 Å². The van der Waals surface area contributed by atoms with Gasteiger partial charge in [-0.3, -0.25) is 14.6 Å². The molecule has 0 N–H and O–H groups in total. The maximum atomic E-state index is 12.7. The smallest absolute Gasteiger partial charge is 0.338 e. The van der Waals surface area contributed by atoms with Gasteiger partial charge in [0.05, 0.1) is 31.4 Å². The van der Waals surface area contributed by atoms with E-state index in [9.17, 15) is 14.9 Å². The quantitative estimate of drug-likeness (QED) is 0.572. The number of piperazine rings is 1. The van der Waals surface area contributed by atoms with E-state index in [1.807, 2.05) is 30.3 Å². The highest BCUT2D eigenvalue weighted by Crippen LogP contribution is 2.49. The van der Waals surface area contributed by atoms with Gasteiger partial charge in [0, 0.05) is 36.5 Å². The highest BCUT2D eigenvalue weighted by Gasteiger charge is 2.58. The molecule has 0 unspecified atom stereocenters. The van der Waals surface area contributed by atoms with E-state index in [2.05, 4.69) is 29.0 Å². The number of methoxy groups -OCH3 is 1. The molecule has 188 valence electrons. The van der Waals surface area contributed by atoms with Gasteiger partial charge in [-0.2, -0.15) is 5.26 Å². The number of benzene rings is 2. The van der Waals surface area contributed by atoms with E-state index < -0.39 is 6.04 Å². The van der Waals surface area contributed by atoms with Gasteiger partial charge in [0.1, 0.15) is 18.4 Å². The Morgan fingerprint density at radius 3 is 2.53 bits per heavy atom. The number of rotatable bonds is 6. The van der Waals surface area contributed by atoms with Gasteiger partial charge in [-0.1, -0.05) is 30.3 Å². The third-order valence-electron chi connectivity index (χ3n) is 8.00. The monoisotopic (exact) mass is 489 g/mol. The number of ether oxygens (including phenoxy) is 3. The van der Waals surface area contributed by atoms with E-state index >= 15 is 0 Å². The molecule has 8 nitrogen and oxygen atoms in total. The molecule has 2 aromatic carbocycles. The average molecular weight is 490 g/mol. The van der Waals surface area contributed by atoms with Crippen molar-refractivity contribution in [2.45, 2.75) is 50.0 Å². The lowest BCUT2D eigenvalue weighted by Crippen LogP contribution is -2.67. The second kappa shape index (κ2) is 9.92. The molecule has 0 spiro atoms. The van der Waals surface area contributed by atoms with Crippen molar-refractivity contribution in [3.8, 4) is 11.8 Å². The Balaban J connectivity index is 1.48. The van der Waals surface area contributed by atoms with E-state index in [-0.39, 0.29) is 48.6 Å². The van der Waals surface area contributed by atoms with E-state index in [1.54, 1.807) is 19.2 Å². The highest BCUT2D eigenvalue weighted by molar-refractivity contribution is 5.89. The lowest BCUT2D eigenvalue weighted by atomic mass is 9.80. The highest BCUT2D eigenvalue weighted by atomic mass is 16.5. The molecular formula is C28H31N3O5. The van der Waals surface area contributed by atoms with E-state index in [0.29, 0.717) is 12.2 Å². The van der Waals surface area contributed by atoms with Crippen molar-refractivity contribution in [3.05, 3.63) is 65.2 Å². The van der Waals surface area contributed by atoms with Gasteiger partial charge in [-0.25, -0.2) is 4.79 Å². The molecule has 0 radical (unpaired) electrons. The molecule has 2 aromatic rings. The van der Waals surface area contributed by atoms with Gasteiger partial charge < -0.3 is 14.2 Å². The Bertz CT molecular complexity index is 1180. The van der Waals surface area contributed by atoms with Gasteiger partial charge in [-0.05, 0) is 43.7 Å². The zero-order valence-corrected chi connectivity index (χ0v) is 20.8. The minimum absolute atomic E-state index is 0.000934. The topological polar surface area (TPSA) is 92.1 Å². The lowest BCUT2D eigenvalue weighted by molar-refractivity contribution is -0.145. The zero-order chi connectivity index (χ0) is 25.4. The molecule has 6 atom stereocenters. The molecule has 0 aliphatic carbocycles. The maximum absolute atomic E-state index is 12.7. The number of carbonyl (C=O) groups is 2. The summed E-state index contributed by atoms with van der Waals surface area (Å²) in [6, 6.07) is 16.9. The van der Waals surface area contributed by atoms with Crippen LogP contribution in [0.4, 0.5) is 0 Å². The molecule has 0 aromatic heterocycles. The fraction of sp³-hybridized carbons (Fsp3) is 0.464. The Morgan fingerprint density at radius 1 is 1.06 bits per heavy atom. The van der Waals surface area contributed by atoms with Crippen LogP contribution in [-0.2, 0) is 20.7 Å². The summed E-state index contributed by atoms with van der Waals surface area (Å²) in [6.45, 7) is 1.84. The molecule has 0 amide bonds. The van der Waals surface area contributed by atoms with E-state index in [0.717, 1.165) is 29.7 Å². The fourth-order valence-electron chi connectivity index (χ4n) is 6.56. The number of esters is 2. The third kappa shape index (κ3) is 4.12. The normalized spacial score (nSPS) is 28.9. The number of hydrogen-bond donors (Lipinski definition) is 0. The van der Waals surface area contributed by atoms with Crippen molar-refractivity contribution >= 4 is 11.9 Å². The van der Waals surface area contributed by atoms with Crippen molar-refractivity contribution < 1.29 is 23.8 Å². The first-order chi connectivity index (χ1) is 17.4. The molecule has 0 saturated carbocycles. The van der Waals surface area contributed by atoms with E-state index in [1.165, 1.54) is 6.92 Å². The van der Waals surface area contributed by atoms with Crippen LogP contribution in [0.1, 0.15) is 40.9 Å². The molecule has 2 saturated heterocycles. The van der Waals surface area contributed by atoms with Gasteiger partial charge in [-0.15, -0.1) is 0 Å². The largest absolute Gasteiger partial charge is 0.496 e. The van der Waals surface area contributed by atoms with Gasteiger partial charge >= 0.3 is 11.9 Å². The van der Waals surface area contributed by atoms with Crippen molar-refractivity contribution in [2.24, 2.45) is 5.92 Å². The SMILES string of the molecule is COc1cccc2c1[C@H](COC(C)=O)N1[C@@H](C#N)[C@@H]3C[C@@H](COC(=O)c4ccccc4)[C@H]([C@@H]1C2)N3C. The van der Waals surface area contributed by atoms with Crippen LogP contribution in [-0.4, -0.2) is 73.3 Å². The molecule has 2 bridgehead atoms. The number of fused-ring (bicyclic) bond motifs is 5. The van der Waals surface area contributed by atoms with Crippen LogP contribution < -0.4 is 4.74 Å². The van der Waals surface area contributed by atoms with Crippen LogP contribution in [0.25, 0.3) is 0 Å². The van der Waals surface area contributed by atoms with Crippen LogP contribution in [0, 0.1) is 17.2 Å². The predicted molar refractivity (Wildman–Crippen MR) is 131 cm³/mol. The minimum Gasteiger partial charge on any atom is -0.496 e. The first kappa shape index (κ1) is 24.3. The summed E-state index contributed by atoms with van der Waals surface area (Å²) >= 11 is 0. The van der Waals surface area contributed by atoms with Gasteiger partial charge in [0.25, 0.3) is 0 Å². The van der Waals surface area contributed by atoms with E-state index in [4.69, 9.17) is 14.2 Å². The number of hydrogen-bond acceptors (Lipinski definition) is 8. The molecule has 3 aliphatic rings. The summed E-state index contributed by atoms with van der Waals surface area (Å²) < 4.78 is 17.0. The zero-order valence-electron chi connectivity index (χ0n) is 20.8. The Morgan fingerprint density at radius 2 is 1.83 bits per heavy atom. The van der Waals surface area contributed by atoms with Gasteiger partial charge in [0.15, 0.2) is 0 Å². The number of likely N-dealkylation sites (N-methyl/N-ethyl adjacent to an activating group) is 1. The second-order valence-electron chi connectivity index (χ2n) is 9.83. The van der Waals surface area contributed by atoms with Gasteiger partial charge in [0.2, 0.25) is 0 Å². The Kier molecular flexibility index (Phi) is 6.69. The first-order valence-electron chi connectivity index (χ1n) is 12.3. The second-order valence-corrected chi connectivity index (χ2v) is 9.83. The van der Waals surface area contributed by atoms with Crippen LogP contribution in [0.3, 0.4) is 0 Å². The number of carbonyl (C=O) groups excluding carboxylic acids is 2. The number of nitrogens with zero attached hydrogens (tertiary/aromatic N) is 3. The molecule has 5 rings (SSSR count). The summed E-state index contributed by atoms with van der Waals surface area (Å²) in [5.41, 5.74) is 2.64. The number of nitriles is 1. The predicted octanol–water partition coefficient (Wildman–Crippen LogP) is 2.98. The molecule has 36 heavy (non-hydrogen) atoms. The molecule has 8 heteroatoms. The lowest BCUT2D eigenvalue weighted by Gasteiger charge is -2.54. The van der Waals surface area contributed by atoms with Crippen LogP contribution in [0.15, 0.2) is 48.5 Å². The molecule has 2 fully saturated rings. The first-order valence-corrected chi connectivity index (χ1v) is 12.3. The summed E-state index contributed by atoms with van der Waals surface area (Å²) in [5, 5.41) is 10.3. The summed E-state index contributed by atoms with van der Waals surface area (Å²) in [6.07, 6.45) is 1.48. The van der Waals surface area contributed by atoms with Crippen molar-refractivity contribution in [3.63, 3.8) is 0 Å². The summed E-state index contributed by atoms with van der Waals surface area (Å²) in [5.74, 6) is 0.129. The molecular weight excluding hydrogens is 458 g/mol. The van der Waals surface area contributed by atoms with Crippen LogP contribution in [0.5, 0.6) is 5.75 Å². The van der Waals surface area contributed by atoms with Crippen LogP contribution >= 0.6 is 0 Å². The molecule has 3 aliphatic heterocycles.